The van der Waals surface area contributed by atoms with Crippen LogP contribution in [0.5, 0.6) is 5.75 Å². The van der Waals surface area contributed by atoms with E-state index in [1.54, 1.807) is 18.2 Å². The van der Waals surface area contributed by atoms with E-state index in [-0.39, 0.29) is 0 Å². The highest BCUT2D eigenvalue weighted by Crippen LogP contribution is 2.30. The number of oxazole rings is 1. The van der Waals surface area contributed by atoms with Gasteiger partial charge in [0, 0.05) is 11.1 Å². The Bertz CT molecular complexity index is 830. The van der Waals surface area contributed by atoms with Gasteiger partial charge in [0.25, 0.3) is 0 Å². The molecule has 0 spiro atoms. The number of aromatic nitrogens is 1. The molecule has 2 aromatic carbocycles. The number of carbonyl (C=O) groups is 1. The Kier molecular flexibility index (Phi) is 4.14. The lowest BCUT2D eigenvalue weighted by molar-refractivity contribution is -0.139. The predicted octanol–water partition coefficient (Wildman–Crippen LogP) is 2.27. The highest BCUT2D eigenvalue weighted by Gasteiger charge is 2.14. The Morgan fingerprint density at radius 3 is 2.74 bits per heavy atom. The van der Waals surface area contributed by atoms with E-state index in [2.05, 4.69) is 4.98 Å². The zero-order valence-electron chi connectivity index (χ0n) is 12.1. The SMILES string of the molecule is [B]c1ccc(OCC(=O)O)c(-c2coc(-c3ccccc3)n2)c1. The van der Waals surface area contributed by atoms with Crippen LogP contribution in [0.4, 0.5) is 0 Å². The lowest BCUT2D eigenvalue weighted by Gasteiger charge is -2.09. The molecule has 0 unspecified atom stereocenters. The van der Waals surface area contributed by atoms with Crippen molar-refractivity contribution >= 4 is 19.3 Å². The summed E-state index contributed by atoms with van der Waals surface area (Å²) in [5.41, 5.74) is 2.47. The van der Waals surface area contributed by atoms with E-state index in [4.69, 9.17) is 22.1 Å². The molecule has 0 fully saturated rings. The first-order chi connectivity index (χ1) is 11.1. The topological polar surface area (TPSA) is 72.6 Å². The van der Waals surface area contributed by atoms with Crippen LogP contribution in [0.25, 0.3) is 22.7 Å². The molecular weight excluding hydrogens is 293 g/mol. The molecule has 3 rings (SSSR count). The summed E-state index contributed by atoms with van der Waals surface area (Å²) in [6, 6.07) is 14.4. The van der Waals surface area contributed by atoms with Crippen molar-refractivity contribution in [1.29, 1.82) is 0 Å². The van der Waals surface area contributed by atoms with Gasteiger partial charge in [-0.1, -0.05) is 35.8 Å². The first-order valence-corrected chi connectivity index (χ1v) is 6.89. The molecule has 23 heavy (non-hydrogen) atoms. The Hall–Kier alpha value is -3.02. The van der Waals surface area contributed by atoms with Crippen LogP contribution < -0.4 is 10.2 Å². The van der Waals surface area contributed by atoms with Gasteiger partial charge < -0.3 is 14.3 Å². The molecule has 6 heteroatoms. The van der Waals surface area contributed by atoms with Gasteiger partial charge in [-0.25, -0.2) is 9.78 Å². The van der Waals surface area contributed by atoms with E-state index >= 15 is 0 Å². The van der Waals surface area contributed by atoms with Crippen molar-refractivity contribution in [2.45, 2.75) is 0 Å². The minimum absolute atomic E-state index is 0.384. The number of ether oxygens (including phenoxy) is 1. The Morgan fingerprint density at radius 2 is 2.00 bits per heavy atom. The van der Waals surface area contributed by atoms with Gasteiger partial charge in [0.2, 0.25) is 5.89 Å². The molecular formula is C17H12BNO4. The molecule has 0 aliphatic carbocycles. The number of hydrogen-bond donors (Lipinski definition) is 1. The van der Waals surface area contributed by atoms with Crippen molar-refractivity contribution in [2.24, 2.45) is 0 Å². The van der Waals surface area contributed by atoms with Gasteiger partial charge in [-0.3, -0.25) is 0 Å². The molecule has 0 atom stereocenters. The fourth-order valence-corrected chi connectivity index (χ4v) is 2.12. The molecule has 1 heterocycles. The van der Waals surface area contributed by atoms with Crippen molar-refractivity contribution < 1.29 is 19.1 Å². The van der Waals surface area contributed by atoms with Gasteiger partial charge >= 0.3 is 5.97 Å². The molecule has 2 radical (unpaired) electrons. The molecule has 0 bridgehead atoms. The van der Waals surface area contributed by atoms with Crippen LogP contribution in [-0.4, -0.2) is 30.5 Å². The van der Waals surface area contributed by atoms with Gasteiger partial charge in [0.05, 0.1) is 0 Å². The van der Waals surface area contributed by atoms with E-state index in [1.807, 2.05) is 30.3 Å². The van der Waals surface area contributed by atoms with Crippen LogP contribution in [0.2, 0.25) is 0 Å². The average Bonchev–Trinajstić information content (AvgIpc) is 3.04. The van der Waals surface area contributed by atoms with Crippen LogP contribution in [0.15, 0.2) is 59.2 Å². The molecule has 1 N–H and O–H groups in total. The number of aliphatic carboxylic acids is 1. The molecule has 0 aliphatic rings. The monoisotopic (exact) mass is 305 g/mol. The average molecular weight is 305 g/mol. The fraction of sp³-hybridized carbons (Fsp3) is 0.0588. The van der Waals surface area contributed by atoms with Crippen molar-refractivity contribution in [3.8, 4) is 28.5 Å². The van der Waals surface area contributed by atoms with Crippen molar-refractivity contribution in [3.05, 3.63) is 54.8 Å². The number of carboxylic acids is 1. The third-order valence-electron chi connectivity index (χ3n) is 3.16. The van der Waals surface area contributed by atoms with Crippen LogP contribution >= 0.6 is 0 Å². The lowest BCUT2D eigenvalue weighted by atomic mass is 9.93. The number of hydrogen-bond acceptors (Lipinski definition) is 4. The highest BCUT2D eigenvalue weighted by atomic mass is 16.5. The van der Waals surface area contributed by atoms with Gasteiger partial charge in [0.1, 0.15) is 25.6 Å². The number of nitrogens with zero attached hydrogens (tertiary/aromatic N) is 1. The smallest absolute Gasteiger partial charge is 0.341 e. The largest absolute Gasteiger partial charge is 0.481 e. The summed E-state index contributed by atoms with van der Waals surface area (Å²) in [5.74, 6) is -0.209. The molecule has 5 nitrogen and oxygen atoms in total. The summed E-state index contributed by atoms with van der Waals surface area (Å²) >= 11 is 0. The van der Waals surface area contributed by atoms with Gasteiger partial charge in [0.15, 0.2) is 6.61 Å². The van der Waals surface area contributed by atoms with E-state index < -0.39 is 12.6 Å². The highest BCUT2D eigenvalue weighted by molar-refractivity contribution is 6.32. The van der Waals surface area contributed by atoms with E-state index in [1.165, 1.54) is 6.26 Å². The standard InChI is InChI=1S/C17H12BNO4/c18-12-6-7-15(22-10-16(20)21)13(8-12)14-9-23-17(19-14)11-4-2-1-3-5-11/h1-9H,10H2,(H,20,21). The molecule has 3 aromatic rings. The van der Waals surface area contributed by atoms with Crippen molar-refractivity contribution in [2.75, 3.05) is 6.61 Å². The van der Waals surface area contributed by atoms with E-state index in [0.717, 1.165) is 5.56 Å². The van der Waals surface area contributed by atoms with Crippen molar-refractivity contribution in [1.82, 2.24) is 4.98 Å². The van der Waals surface area contributed by atoms with E-state index in [9.17, 15) is 4.79 Å². The minimum Gasteiger partial charge on any atom is -0.481 e. The normalized spacial score (nSPS) is 10.4. The van der Waals surface area contributed by atoms with Gasteiger partial charge in [-0.15, -0.1) is 0 Å². The Balaban J connectivity index is 1.96. The second-order valence-corrected chi connectivity index (χ2v) is 4.84. The Labute approximate surface area is 134 Å². The third-order valence-corrected chi connectivity index (χ3v) is 3.16. The zero-order chi connectivity index (χ0) is 16.2. The maximum atomic E-state index is 10.7. The second kappa shape index (κ2) is 6.40. The number of benzene rings is 2. The van der Waals surface area contributed by atoms with Gasteiger partial charge in [-0.2, -0.15) is 0 Å². The number of carboxylic acid groups (broad SMARTS) is 1. The van der Waals surface area contributed by atoms with Crippen LogP contribution in [0.1, 0.15) is 0 Å². The summed E-state index contributed by atoms with van der Waals surface area (Å²) < 4.78 is 10.8. The van der Waals surface area contributed by atoms with Gasteiger partial charge in [-0.05, 0) is 18.2 Å². The summed E-state index contributed by atoms with van der Waals surface area (Å²) in [6.45, 7) is -0.444. The maximum absolute atomic E-state index is 10.7. The molecule has 0 saturated carbocycles. The third kappa shape index (κ3) is 3.43. The maximum Gasteiger partial charge on any atom is 0.341 e. The van der Waals surface area contributed by atoms with Crippen molar-refractivity contribution in [3.63, 3.8) is 0 Å². The first kappa shape index (κ1) is 14.9. The zero-order valence-corrected chi connectivity index (χ0v) is 12.1. The predicted molar refractivity (Wildman–Crippen MR) is 85.9 cm³/mol. The molecule has 1 aromatic heterocycles. The second-order valence-electron chi connectivity index (χ2n) is 4.84. The molecule has 112 valence electrons. The summed E-state index contributed by atoms with van der Waals surface area (Å²) in [4.78, 5) is 15.1. The Morgan fingerprint density at radius 1 is 1.22 bits per heavy atom. The van der Waals surface area contributed by atoms with Crippen LogP contribution in [0, 0.1) is 0 Å². The first-order valence-electron chi connectivity index (χ1n) is 6.89. The summed E-state index contributed by atoms with van der Waals surface area (Å²) in [5, 5.41) is 8.76. The van der Waals surface area contributed by atoms with Crippen LogP contribution in [-0.2, 0) is 4.79 Å². The summed E-state index contributed by atoms with van der Waals surface area (Å²) in [7, 11) is 5.81. The quantitative estimate of drug-likeness (QED) is 0.732. The summed E-state index contributed by atoms with van der Waals surface area (Å²) in [6.07, 6.45) is 1.49. The number of rotatable bonds is 5. The molecule has 0 saturated heterocycles. The lowest BCUT2D eigenvalue weighted by Crippen LogP contribution is -2.11. The van der Waals surface area contributed by atoms with E-state index in [0.29, 0.717) is 28.4 Å². The minimum atomic E-state index is -1.06. The van der Waals surface area contributed by atoms with Crippen LogP contribution in [0.3, 0.4) is 0 Å². The fourth-order valence-electron chi connectivity index (χ4n) is 2.12. The molecule has 0 aliphatic heterocycles. The molecule has 0 amide bonds.